The Bertz CT molecular complexity index is 468. The fourth-order valence-corrected chi connectivity index (χ4v) is 6.54. The molecule has 0 aliphatic heterocycles. The molecule has 4 aliphatic rings. The van der Waals surface area contributed by atoms with E-state index in [0.29, 0.717) is 11.5 Å². The van der Waals surface area contributed by atoms with Gasteiger partial charge in [0, 0.05) is 5.57 Å². The van der Waals surface area contributed by atoms with Gasteiger partial charge in [-0.3, -0.25) is 0 Å². The highest BCUT2D eigenvalue weighted by Gasteiger charge is 2.66. The van der Waals surface area contributed by atoms with E-state index in [0.717, 1.165) is 47.8 Å². The Morgan fingerprint density at radius 2 is 1.65 bits per heavy atom. The minimum absolute atomic E-state index is 0.177. The summed E-state index contributed by atoms with van der Waals surface area (Å²) in [5.41, 5.74) is 0.541. The fraction of sp³-hybridized carbons (Fsp3) is 0.833. The molecular weight excluding hydrogens is 248 g/mol. The van der Waals surface area contributed by atoms with Crippen LogP contribution in [-0.2, 0) is 9.53 Å². The Labute approximate surface area is 122 Å². The van der Waals surface area contributed by atoms with E-state index in [1.807, 2.05) is 0 Å². The van der Waals surface area contributed by atoms with Gasteiger partial charge in [0.2, 0.25) is 0 Å². The van der Waals surface area contributed by atoms with Crippen molar-refractivity contribution in [3.05, 3.63) is 12.2 Å². The predicted octanol–water partition coefficient (Wildman–Crippen LogP) is 3.67. The first-order chi connectivity index (χ1) is 9.49. The lowest BCUT2D eigenvalue weighted by atomic mass is 9.64. The molecule has 4 aliphatic carbocycles. The van der Waals surface area contributed by atoms with Crippen molar-refractivity contribution in [1.82, 2.24) is 0 Å². The smallest absolute Gasteiger partial charge is 0.333 e. The van der Waals surface area contributed by atoms with Gasteiger partial charge in [0.15, 0.2) is 0 Å². The average Bonchev–Trinajstić information content (AvgIpc) is 3.09. The maximum Gasteiger partial charge on any atom is 0.333 e. The average molecular weight is 274 g/mol. The van der Waals surface area contributed by atoms with Crippen molar-refractivity contribution in [3.8, 4) is 0 Å². The first kappa shape index (κ1) is 12.9. The lowest BCUT2D eigenvalue weighted by Crippen LogP contribution is -2.41. The van der Waals surface area contributed by atoms with E-state index in [-0.39, 0.29) is 12.1 Å². The molecule has 20 heavy (non-hydrogen) atoms. The standard InChI is InChI=1S/C18H26O2/c1-8(2)18(19)20-15-6-11-5-14(15)17-13-7-12(16(11)17)9(3)10(13)4/h9-17H,1,5-7H2,2-4H3. The van der Waals surface area contributed by atoms with Crippen molar-refractivity contribution in [2.24, 2.45) is 47.3 Å². The van der Waals surface area contributed by atoms with Crippen LogP contribution in [0.1, 0.15) is 40.0 Å². The molecule has 0 spiro atoms. The molecule has 0 amide bonds. The van der Waals surface area contributed by atoms with Gasteiger partial charge in [0.25, 0.3) is 0 Å². The highest BCUT2D eigenvalue weighted by atomic mass is 16.5. The Morgan fingerprint density at radius 3 is 2.30 bits per heavy atom. The van der Waals surface area contributed by atoms with Crippen LogP contribution in [0.25, 0.3) is 0 Å². The molecule has 0 N–H and O–H groups in total. The second kappa shape index (κ2) is 4.11. The molecule has 4 bridgehead atoms. The van der Waals surface area contributed by atoms with Crippen molar-refractivity contribution < 1.29 is 9.53 Å². The van der Waals surface area contributed by atoms with E-state index in [1.165, 1.54) is 12.8 Å². The molecule has 0 aromatic heterocycles. The van der Waals surface area contributed by atoms with Crippen LogP contribution in [0, 0.1) is 47.3 Å². The third kappa shape index (κ3) is 1.48. The van der Waals surface area contributed by atoms with Crippen molar-refractivity contribution in [2.45, 2.75) is 46.1 Å². The SMILES string of the molecule is C=C(C)C(=O)OC1CC2CC1C1C3CC(C(C)C3C)C21. The molecule has 0 radical (unpaired) electrons. The highest BCUT2D eigenvalue weighted by Crippen LogP contribution is 2.70. The maximum absolute atomic E-state index is 11.8. The molecule has 9 unspecified atom stereocenters. The van der Waals surface area contributed by atoms with Crippen LogP contribution in [0.2, 0.25) is 0 Å². The minimum atomic E-state index is -0.177. The van der Waals surface area contributed by atoms with Crippen LogP contribution in [-0.4, -0.2) is 12.1 Å². The molecule has 2 heteroatoms. The molecule has 0 saturated heterocycles. The summed E-state index contributed by atoms with van der Waals surface area (Å²) in [5.74, 6) is 6.77. The first-order valence-corrected chi connectivity index (χ1v) is 8.35. The second-order valence-corrected chi connectivity index (χ2v) is 8.06. The molecule has 0 aromatic carbocycles. The van der Waals surface area contributed by atoms with Crippen LogP contribution < -0.4 is 0 Å². The summed E-state index contributed by atoms with van der Waals surface area (Å²) < 4.78 is 5.75. The molecule has 9 atom stereocenters. The highest BCUT2D eigenvalue weighted by molar-refractivity contribution is 5.87. The normalized spacial score (nSPS) is 55.0. The van der Waals surface area contributed by atoms with Crippen molar-refractivity contribution in [3.63, 3.8) is 0 Å². The predicted molar refractivity (Wildman–Crippen MR) is 77.8 cm³/mol. The van der Waals surface area contributed by atoms with Crippen molar-refractivity contribution >= 4 is 5.97 Å². The lowest BCUT2D eigenvalue weighted by molar-refractivity contribution is -0.149. The van der Waals surface area contributed by atoms with Gasteiger partial charge in [-0.25, -0.2) is 4.79 Å². The number of carbonyl (C=O) groups is 1. The van der Waals surface area contributed by atoms with E-state index >= 15 is 0 Å². The molecular formula is C18H26O2. The summed E-state index contributed by atoms with van der Waals surface area (Å²) in [5, 5.41) is 0. The molecule has 4 fully saturated rings. The van der Waals surface area contributed by atoms with Crippen molar-refractivity contribution in [1.29, 1.82) is 0 Å². The van der Waals surface area contributed by atoms with E-state index in [1.54, 1.807) is 6.92 Å². The third-order valence-corrected chi connectivity index (χ3v) is 7.39. The van der Waals surface area contributed by atoms with Gasteiger partial charge >= 0.3 is 5.97 Å². The summed E-state index contributed by atoms with van der Waals surface area (Å²) in [7, 11) is 0. The van der Waals surface area contributed by atoms with Gasteiger partial charge in [-0.1, -0.05) is 20.4 Å². The number of rotatable bonds is 2. The van der Waals surface area contributed by atoms with Crippen LogP contribution in [0.5, 0.6) is 0 Å². The number of esters is 1. The monoisotopic (exact) mass is 274 g/mol. The topological polar surface area (TPSA) is 26.3 Å². The minimum Gasteiger partial charge on any atom is -0.459 e. The molecule has 4 rings (SSSR count). The van der Waals surface area contributed by atoms with Crippen LogP contribution >= 0.6 is 0 Å². The van der Waals surface area contributed by atoms with Gasteiger partial charge in [-0.2, -0.15) is 0 Å². The lowest BCUT2D eigenvalue weighted by Gasteiger charge is -2.43. The zero-order chi connectivity index (χ0) is 14.2. The summed E-state index contributed by atoms with van der Waals surface area (Å²) >= 11 is 0. The zero-order valence-corrected chi connectivity index (χ0v) is 12.8. The second-order valence-electron chi connectivity index (χ2n) is 8.06. The number of hydrogen-bond donors (Lipinski definition) is 0. The fourth-order valence-electron chi connectivity index (χ4n) is 6.54. The number of carbonyl (C=O) groups excluding carboxylic acids is 1. The van der Waals surface area contributed by atoms with Crippen LogP contribution in [0.3, 0.4) is 0 Å². The molecule has 110 valence electrons. The van der Waals surface area contributed by atoms with E-state index in [9.17, 15) is 4.79 Å². The van der Waals surface area contributed by atoms with E-state index in [4.69, 9.17) is 4.74 Å². The van der Waals surface area contributed by atoms with Crippen LogP contribution in [0.15, 0.2) is 12.2 Å². The Kier molecular flexibility index (Phi) is 2.66. The quantitative estimate of drug-likeness (QED) is 0.436. The van der Waals surface area contributed by atoms with E-state index < -0.39 is 0 Å². The summed E-state index contributed by atoms with van der Waals surface area (Å²) in [6.07, 6.45) is 4.07. The zero-order valence-electron chi connectivity index (χ0n) is 12.8. The van der Waals surface area contributed by atoms with Gasteiger partial charge in [0.05, 0.1) is 0 Å². The third-order valence-electron chi connectivity index (χ3n) is 7.39. The molecule has 2 nitrogen and oxygen atoms in total. The van der Waals surface area contributed by atoms with Gasteiger partial charge in [-0.15, -0.1) is 0 Å². The summed E-state index contributed by atoms with van der Waals surface area (Å²) in [6, 6.07) is 0. The Balaban J connectivity index is 1.54. The number of hydrogen-bond acceptors (Lipinski definition) is 2. The maximum atomic E-state index is 11.8. The van der Waals surface area contributed by atoms with E-state index in [2.05, 4.69) is 20.4 Å². The molecule has 0 heterocycles. The summed E-state index contributed by atoms with van der Waals surface area (Å²) in [6.45, 7) is 10.4. The van der Waals surface area contributed by atoms with Crippen LogP contribution in [0.4, 0.5) is 0 Å². The van der Waals surface area contributed by atoms with Gasteiger partial charge < -0.3 is 4.74 Å². The van der Waals surface area contributed by atoms with Gasteiger partial charge in [0.1, 0.15) is 6.10 Å². The Hall–Kier alpha value is -0.790. The largest absolute Gasteiger partial charge is 0.459 e. The number of fused-ring (bicyclic) bond motifs is 9. The number of ether oxygens (including phenoxy) is 1. The Morgan fingerprint density at radius 1 is 1.00 bits per heavy atom. The van der Waals surface area contributed by atoms with Gasteiger partial charge in [-0.05, 0) is 73.5 Å². The van der Waals surface area contributed by atoms with Crippen molar-refractivity contribution in [2.75, 3.05) is 0 Å². The molecule has 0 aromatic rings. The first-order valence-electron chi connectivity index (χ1n) is 8.35. The summed E-state index contributed by atoms with van der Waals surface area (Å²) in [4.78, 5) is 11.8. The molecule has 4 saturated carbocycles.